The summed E-state index contributed by atoms with van der Waals surface area (Å²) in [6.07, 6.45) is 2.18. The first-order valence-corrected chi connectivity index (χ1v) is 7.24. The zero-order chi connectivity index (χ0) is 14.8. The number of hydrogen-bond acceptors (Lipinski definition) is 2. The highest BCUT2D eigenvalue weighted by Crippen LogP contribution is 2.36. The van der Waals surface area contributed by atoms with E-state index in [1.807, 2.05) is 42.5 Å². The smallest absolute Gasteiger partial charge is 0.133 e. The summed E-state index contributed by atoms with van der Waals surface area (Å²) >= 11 is 6.05. The van der Waals surface area contributed by atoms with Crippen LogP contribution in [0.4, 0.5) is 0 Å². The molecule has 1 aliphatic heterocycles. The molecule has 21 heavy (non-hydrogen) atoms. The lowest BCUT2D eigenvalue weighted by Crippen LogP contribution is -2.24. The van der Waals surface area contributed by atoms with Gasteiger partial charge in [-0.3, -0.25) is 4.79 Å². The van der Waals surface area contributed by atoms with Gasteiger partial charge in [0.15, 0.2) is 0 Å². The molecule has 0 fully saturated rings. The zero-order valence-corrected chi connectivity index (χ0v) is 12.4. The predicted molar refractivity (Wildman–Crippen MR) is 85.5 cm³/mol. The van der Waals surface area contributed by atoms with Gasteiger partial charge < -0.3 is 4.74 Å². The van der Waals surface area contributed by atoms with Gasteiger partial charge in [-0.1, -0.05) is 41.9 Å². The number of halogens is 1. The quantitative estimate of drug-likeness (QED) is 0.826. The molecule has 106 valence electrons. The maximum Gasteiger partial charge on any atom is 0.133 e. The summed E-state index contributed by atoms with van der Waals surface area (Å²) in [7, 11) is 0. The van der Waals surface area contributed by atoms with E-state index in [2.05, 4.69) is 6.08 Å². The van der Waals surface area contributed by atoms with Gasteiger partial charge in [-0.25, -0.2) is 0 Å². The second-order valence-corrected chi connectivity index (χ2v) is 5.60. The van der Waals surface area contributed by atoms with Gasteiger partial charge in [0.2, 0.25) is 0 Å². The van der Waals surface area contributed by atoms with Gasteiger partial charge in [0.25, 0.3) is 0 Å². The molecule has 0 radical (unpaired) electrons. The van der Waals surface area contributed by atoms with E-state index in [-0.39, 0.29) is 11.9 Å². The van der Waals surface area contributed by atoms with Crippen molar-refractivity contribution in [2.45, 2.75) is 19.4 Å². The van der Waals surface area contributed by atoms with Crippen LogP contribution in [0.2, 0.25) is 5.02 Å². The Morgan fingerprint density at radius 3 is 2.67 bits per heavy atom. The monoisotopic (exact) mass is 298 g/mol. The second-order valence-electron chi connectivity index (χ2n) is 5.16. The molecule has 0 amide bonds. The number of carbonyl (C=O) groups is 1. The first-order valence-electron chi connectivity index (χ1n) is 6.86. The van der Waals surface area contributed by atoms with Crippen LogP contribution in [0, 0.1) is 0 Å². The van der Waals surface area contributed by atoms with Crippen molar-refractivity contribution < 1.29 is 9.53 Å². The number of Topliss-reactive ketones (excluding diaryl/α,β-unsaturated/α-hetero) is 1. The molecule has 2 nitrogen and oxygen atoms in total. The minimum atomic E-state index is -0.251. The van der Waals surface area contributed by atoms with E-state index in [1.54, 1.807) is 13.0 Å². The van der Waals surface area contributed by atoms with E-state index in [4.69, 9.17) is 16.3 Å². The third kappa shape index (κ3) is 3.01. The topological polar surface area (TPSA) is 26.3 Å². The Morgan fingerprint density at radius 1 is 1.19 bits per heavy atom. The molecule has 0 spiro atoms. The maximum atomic E-state index is 11.5. The molecule has 0 saturated carbocycles. The van der Waals surface area contributed by atoms with E-state index in [9.17, 15) is 4.79 Å². The van der Waals surface area contributed by atoms with Crippen molar-refractivity contribution in [3.8, 4) is 5.75 Å². The lowest BCUT2D eigenvalue weighted by atomic mass is 9.92. The molecule has 1 atom stereocenters. The largest absolute Gasteiger partial charge is 0.485 e. The lowest BCUT2D eigenvalue weighted by Gasteiger charge is -2.27. The van der Waals surface area contributed by atoms with Crippen LogP contribution in [0.5, 0.6) is 5.75 Å². The summed E-state index contributed by atoms with van der Waals surface area (Å²) in [6.45, 7) is 1.59. The van der Waals surface area contributed by atoms with Crippen LogP contribution in [-0.4, -0.2) is 11.9 Å². The van der Waals surface area contributed by atoms with E-state index in [0.717, 1.165) is 22.4 Å². The number of hydrogen-bond donors (Lipinski definition) is 0. The van der Waals surface area contributed by atoms with Gasteiger partial charge in [-0.05, 0) is 36.8 Å². The summed E-state index contributed by atoms with van der Waals surface area (Å²) in [5.74, 6) is 0.879. The van der Waals surface area contributed by atoms with Crippen LogP contribution in [0.15, 0.2) is 48.5 Å². The Balaban J connectivity index is 2.08. The molecule has 1 unspecified atom stereocenters. The second kappa shape index (κ2) is 5.74. The van der Waals surface area contributed by atoms with Crippen molar-refractivity contribution in [1.82, 2.24) is 0 Å². The molecule has 1 aliphatic rings. The summed E-state index contributed by atoms with van der Waals surface area (Å²) < 4.78 is 6.02. The Morgan fingerprint density at radius 2 is 1.95 bits per heavy atom. The third-order valence-electron chi connectivity index (χ3n) is 3.48. The average Bonchev–Trinajstić information content (AvgIpc) is 2.47. The molecule has 2 aromatic carbocycles. The maximum absolute atomic E-state index is 11.5. The van der Waals surface area contributed by atoms with Crippen molar-refractivity contribution in [1.29, 1.82) is 0 Å². The fraction of sp³-hybridized carbons (Fsp3) is 0.167. The molecule has 3 heteroatoms. The molecular weight excluding hydrogens is 284 g/mol. The van der Waals surface area contributed by atoms with Crippen LogP contribution in [0.1, 0.15) is 24.5 Å². The SMILES string of the molecule is CC(=O)CC1Oc2ccc(Cl)cc2C=C1c1ccccc1. The van der Waals surface area contributed by atoms with E-state index < -0.39 is 0 Å². The Kier molecular flexibility index (Phi) is 3.80. The number of rotatable bonds is 3. The fourth-order valence-electron chi connectivity index (χ4n) is 2.53. The number of carbonyl (C=O) groups excluding carboxylic acids is 1. The number of ether oxygens (including phenoxy) is 1. The van der Waals surface area contributed by atoms with Crippen molar-refractivity contribution in [2.75, 3.05) is 0 Å². The third-order valence-corrected chi connectivity index (χ3v) is 3.71. The van der Waals surface area contributed by atoms with Gasteiger partial charge in [0.05, 0.1) is 0 Å². The van der Waals surface area contributed by atoms with Crippen molar-refractivity contribution in [3.63, 3.8) is 0 Å². The highest BCUT2D eigenvalue weighted by atomic mass is 35.5. The fourth-order valence-corrected chi connectivity index (χ4v) is 2.71. The predicted octanol–water partition coefficient (Wildman–Crippen LogP) is 4.62. The molecule has 1 heterocycles. The van der Waals surface area contributed by atoms with Gasteiger partial charge in [0, 0.05) is 22.6 Å². The lowest BCUT2D eigenvalue weighted by molar-refractivity contribution is -0.118. The van der Waals surface area contributed by atoms with Crippen LogP contribution in [-0.2, 0) is 4.79 Å². The van der Waals surface area contributed by atoms with Crippen molar-refractivity contribution in [3.05, 3.63) is 64.7 Å². The Labute approximate surface area is 129 Å². The van der Waals surface area contributed by atoms with Gasteiger partial charge >= 0.3 is 0 Å². The average molecular weight is 299 g/mol. The molecular formula is C18H15ClO2. The molecule has 0 aliphatic carbocycles. The van der Waals surface area contributed by atoms with E-state index >= 15 is 0 Å². The molecule has 0 saturated heterocycles. The molecule has 0 N–H and O–H groups in total. The summed E-state index contributed by atoms with van der Waals surface area (Å²) in [5, 5.41) is 0.672. The highest BCUT2D eigenvalue weighted by Gasteiger charge is 2.25. The molecule has 0 aromatic heterocycles. The Bertz CT molecular complexity index is 704. The molecule has 2 aromatic rings. The van der Waals surface area contributed by atoms with E-state index in [1.165, 1.54) is 0 Å². The Hall–Kier alpha value is -2.06. The van der Waals surface area contributed by atoms with Gasteiger partial charge in [-0.15, -0.1) is 0 Å². The number of fused-ring (bicyclic) bond motifs is 1. The molecule has 3 rings (SSSR count). The first kappa shape index (κ1) is 13.9. The van der Waals surface area contributed by atoms with Crippen LogP contribution < -0.4 is 4.74 Å². The minimum Gasteiger partial charge on any atom is -0.485 e. The number of ketones is 1. The number of benzene rings is 2. The standard InChI is InChI=1S/C18H15ClO2/c1-12(20)9-18-16(13-5-3-2-4-6-13)11-14-10-15(19)7-8-17(14)21-18/h2-8,10-11,18H,9H2,1H3. The van der Waals surface area contributed by atoms with Crippen LogP contribution in [0.25, 0.3) is 11.6 Å². The summed E-state index contributed by atoms with van der Waals surface area (Å²) in [4.78, 5) is 11.5. The van der Waals surface area contributed by atoms with Gasteiger partial charge in [0.1, 0.15) is 17.6 Å². The van der Waals surface area contributed by atoms with Crippen molar-refractivity contribution in [2.24, 2.45) is 0 Å². The normalized spacial score (nSPS) is 16.7. The molecule has 0 bridgehead atoms. The zero-order valence-electron chi connectivity index (χ0n) is 11.7. The van der Waals surface area contributed by atoms with Crippen LogP contribution in [0.3, 0.4) is 0 Å². The highest BCUT2D eigenvalue weighted by molar-refractivity contribution is 6.30. The van der Waals surface area contributed by atoms with Crippen LogP contribution >= 0.6 is 11.6 Å². The van der Waals surface area contributed by atoms with E-state index in [0.29, 0.717) is 11.4 Å². The minimum absolute atomic E-state index is 0.110. The summed E-state index contributed by atoms with van der Waals surface area (Å²) in [5.41, 5.74) is 3.02. The van der Waals surface area contributed by atoms with Gasteiger partial charge in [-0.2, -0.15) is 0 Å². The van der Waals surface area contributed by atoms with Crippen molar-refractivity contribution >= 4 is 29.0 Å². The first-order chi connectivity index (χ1) is 10.1. The summed E-state index contributed by atoms with van der Waals surface area (Å²) in [6, 6.07) is 15.5.